The van der Waals surface area contributed by atoms with Gasteiger partial charge in [-0.2, -0.15) is 0 Å². The second-order valence-corrected chi connectivity index (χ2v) is 7.70. The van der Waals surface area contributed by atoms with Crippen molar-refractivity contribution in [1.82, 2.24) is 5.32 Å². The maximum absolute atomic E-state index is 12.6. The van der Waals surface area contributed by atoms with Gasteiger partial charge in [-0.1, -0.05) is 33.1 Å². The second kappa shape index (κ2) is 5.51. The van der Waals surface area contributed by atoms with Crippen LogP contribution in [-0.2, 0) is 11.2 Å². The molecule has 1 heterocycles. The predicted molar refractivity (Wildman–Crippen MR) is 83.0 cm³/mol. The molecule has 0 aromatic carbocycles. The molecule has 2 aliphatic rings. The molecule has 1 aromatic heterocycles. The van der Waals surface area contributed by atoms with Crippen LogP contribution in [0.25, 0.3) is 0 Å². The average Bonchev–Trinajstić information content (AvgIpc) is 2.79. The number of hydrogen-bond acceptors (Lipinski definition) is 2. The first kappa shape index (κ1) is 14.7. The summed E-state index contributed by atoms with van der Waals surface area (Å²) in [6, 6.07) is 0.122. The molecule has 116 valence electrons. The number of carbonyl (C=O) groups excluding carboxylic acids is 1. The Hall–Kier alpha value is -1.25. The van der Waals surface area contributed by atoms with Gasteiger partial charge in [-0.3, -0.25) is 4.79 Å². The molecule has 1 atom stereocenters. The van der Waals surface area contributed by atoms with Crippen LogP contribution in [-0.4, -0.2) is 5.91 Å². The third-order valence-electron chi connectivity index (χ3n) is 5.14. The number of hydrogen-bond donors (Lipinski definition) is 1. The van der Waals surface area contributed by atoms with Crippen LogP contribution in [0.3, 0.4) is 0 Å². The SMILES string of the molecule is Cc1coc2c1C(NC(=O)C1CCCCC1)CC(C)(C)C2. The number of furan rings is 1. The lowest BCUT2D eigenvalue weighted by Crippen LogP contribution is -2.39. The fourth-order valence-corrected chi connectivity index (χ4v) is 4.05. The summed E-state index contributed by atoms with van der Waals surface area (Å²) < 4.78 is 5.73. The van der Waals surface area contributed by atoms with Gasteiger partial charge in [-0.15, -0.1) is 0 Å². The molecule has 1 aromatic rings. The van der Waals surface area contributed by atoms with Crippen molar-refractivity contribution in [1.29, 1.82) is 0 Å². The van der Waals surface area contributed by atoms with Crippen LogP contribution in [0.5, 0.6) is 0 Å². The highest BCUT2D eigenvalue weighted by atomic mass is 16.3. The zero-order chi connectivity index (χ0) is 15.0. The summed E-state index contributed by atoms with van der Waals surface area (Å²) in [4.78, 5) is 12.6. The standard InChI is InChI=1S/C18H27NO2/c1-12-11-21-15-10-18(2,3)9-14(16(12)15)19-17(20)13-7-5-4-6-8-13/h11,13-14H,4-10H2,1-3H3,(H,19,20). The van der Waals surface area contributed by atoms with E-state index in [0.717, 1.165) is 31.4 Å². The van der Waals surface area contributed by atoms with Gasteiger partial charge in [0.15, 0.2) is 0 Å². The number of amides is 1. The molecule has 2 aliphatic carbocycles. The lowest BCUT2D eigenvalue weighted by atomic mass is 9.74. The molecule has 21 heavy (non-hydrogen) atoms. The molecule has 0 radical (unpaired) electrons. The van der Waals surface area contributed by atoms with Gasteiger partial charge in [0.05, 0.1) is 12.3 Å². The van der Waals surface area contributed by atoms with E-state index in [1.807, 2.05) is 6.26 Å². The lowest BCUT2D eigenvalue weighted by molar-refractivity contribution is -0.127. The Morgan fingerprint density at radius 3 is 2.71 bits per heavy atom. The van der Waals surface area contributed by atoms with E-state index in [1.165, 1.54) is 30.4 Å². The first-order valence-corrected chi connectivity index (χ1v) is 8.33. The van der Waals surface area contributed by atoms with Crippen LogP contribution in [0.4, 0.5) is 0 Å². The van der Waals surface area contributed by atoms with Gasteiger partial charge in [0, 0.05) is 17.9 Å². The molecule has 1 saturated carbocycles. The number of carbonyl (C=O) groups is 1. The van der Waals surface area contributed by atoms with E-state index >= 15 is 0 Å². The van der Waals surface area contributed by atoms with Gasteiger partial charge in [0.25, 0.3) is 0 Å². The number of aryl methyl sites for hydroxylation is 1. The van der Waals surface area contributed by atoms with Gasteiger partial charge < -0.3 is 9.73 Å². The Morgan fingerprint density at radius 1 is 1.29 bits per heavy atom. The van der Waals surface area contributed by atoms with Gasteiger partial charge in [0.2, 0.25) is 5.91 Å². The fourth-order valence-electron chi connectivity index (χ4n) is 4.05. The van der Waals surface area contributed by atoms with E-state index in [0.29, 0.717) is 0 Å². The van der Waals surface area contributed by atoms with E-state index in [-0.39, 0.29) is 23.3 Å². The molecule has 1 unspecified atom stereocenters. The van der Waals surface area contributed by atoms with Crippen molar-refractivity contribution in [2.45, 2.75) is 71.8 Å². The molecule has 3 heteroatoms. The molecular formula is C18H27NO2. The van der Waals surface area contributed by atoms with Crippen molar-refractivity contribution in [3.05, 3.63) is 23.2 Å². The van der Waals surface area contributed by atoms with Crippen LogP contribution < -0.4 is 5.32 Å². The minimum absolute atomic E-state index is 0.122. The lowest BCUT2D eigenvalue weighted by Gasteiger charge is -2.36. The van der Waals surface area contributed by atoms with Crippen LogP contribution in [0.1, 0.15) is 75.3 Å². The second-order valence-electron chi connectivity index (χ2n) is 7.70. The summed E-state index contributed by atoms with van der Waals surface area (Å²) in [5, 5.41) is 3.33. The summed E-state index contributed by atoms with van der Waals surface area (Å²) in [5.74, 6) is 1.54. The van der Waals surface area contributed by atoms with Crippen molar-refractivity contribution in [2.75, 3.05) is 0 Å². The maximum atomic E-state index is 12.6. The third kappa shape index (κ3) is 3.02. The van der Waals surface area contributed by atoms with Crippen molar-refractivity contribution in [3.8, 4) is 0 Å². The molecule has 1 fully saturated rings. The topological polar surface area (TPSA) is 42.2 Å². The Morgan fingerprint density at radius 2 is 2.00 bits per heavy atom. The summed E-state index contributed by atoms with van der Waals surface area (Å²) in [5.41, 5.74) is 2.59. The van der Waals surface area contributed by atoms with Crippen molar-refractivity contribution in [3.63, 3.8) is 0 Å². The fraction of sp³-hybridized carbons (Fsp3) is 0.722. The molecule has 0 saturated heterocycles. The van der Waals surface area contributed by atoms with Crippen LogP contribution in [0.15, 0.2) is 10.7 Å². The molecule has 1 amide bonds. The zero-order valence-corrected chi connectivity index (χ0v) is 13.5. The highest BCUT2D eigenvalue weighted by Crippen LogP contribution is 2.43. The molecule has 0 bridgehead atoms. The molecule has 1 N–H and O–H groups in total. The summed E-state index contributed by atoms with van der Waals surface area (Å²) in [6.45, 7) is 6.60. The smallest absolute Gasteiger partial charge is 0.223 e. The van der Waals surface area contributed by atoms with Crippen molar-refractivity contribution < 1.29 is 9.21 Å². The zero-order valence-electron chi connectivity index (χ0n) is 13.5. The van der Waals surface area contributed by atoms with Gasteiger partial charge in [0.1, 0.15) is 5.76 Å². The molecule has 0 aliphatic heterocycles. The predicted octanol–water partition coefficient (Wildman–Crippen LogP) is 4.30. The van der Waals surface area contributed by atoms with E-state index in [4.69, 9.17) is 4.42 Å². The van der Waals surface area contributed by atoms with Crippen LogP contribution in [0, 0.1) is 18.3 Å². The largest absolute Gasteiger partial charge is 0.469 e. The van der Waals surface area contributed by atoms with Crippen molar-refractivity contribution in [2.24, 2.45) is 11.3 Å². The third-order valence-corrected chi connectivity index (χ3v) is 5.14. The van der Waals surface area contributed by atoms with E-state index in [9.17, 15) is 4.79 Å². The molecular weight excluding hydrogens is 262 g/mol. The molecule has 3 rings (SSSR count). The minimum Gasteiger partial charge on any atom is -0.469 e. The first-order chi connectivity index (χ1) is 9.96. The average molecular weight is 289 g/mol. The monoisotopic (exact) mass is 289 g/mol. The summed E-state index contributed by atoms with van der Waals surface area (Å²) in [6.07, 6.45) is 9.59. The van der Waals surface area contributed by atoms with Crippen LogP contribution in [0.2, 0.25) is 0 Å². The Kier molecular flexibility index (Phi) is 3.85. The highest BCUT2D eigenvalue weighted by Gasteiger charge is 2.37. The summed E-state index contributed by atoms with van der Waals surface area (Å²) >= 11 is 0. The number of fused-ring (bicyclic) bond motifs is 1. The summed E-state index contributed by atoms with van der Waals surface area (Å²) in [7, 11) is 0. The Bertz CT molecular complexity index is 523. The van der Waals surface area contributed by atoms with Gasteiger partial charge in [-0.25, -0.2) is 0 Å². The Labute approximate surface area is 127 Å². The minimum atomic E-state index is 0.122. The normalized spacial score (nSPS) is 25.4. The quantitative estimate of drug-likeness (QED) is 0.882. The van der Waals surface area contributed by atoms with Gasteiger partial charge >= 0.3 is 0 Å². The number of nitrogens with one attached hydrogen (secondary N) is 1. The first-order valence-electron chi connectivity index (χ1n) is 8.33. The van der Waals surface area contributed by atoms with E-state index < -0.39 is 0 Å². The van der Waals surface area contributed by atoms with Crippen LogP contribution >= 0.6 is 0 Å². The van der Waals surface area contributed by atoms with E-state index in [2.05, 4.69) is 26.1 Å². The highest BCUT2D eigenvalue weighted by molar-refractivity contribution is 5.79. The maximum Gasteiger partial charge on any atom is 0.223 e. The van der Waals surface area contributed by atoms with Crippen molar-refractivity contribution >= 4 is 5.91 Å². The van der Waals surface area contributed by atoms with E-state index in [1.54, 1.807) is 0 Å². The number of rotatable bonds is 2. The van der Waals surface area contributed by atoms with Gasteiger partial charge in [-0.05, 0) is 37.2 Å². The molecule has 3 nitrogen and oxygen atoms in total. The molecule has 0 spiro atoms. The Balaban J connectivity index is 1.77.